The number of likely N-dealkylation sites (tertiary alicyclic amines) is 1. The van der Waals surface area contributed by atoms with Crippen molar-refractivity contribution >= 4 is 20.9 Å². The molecule has 0 amide bonds. The van der Waals surface area contributed by atoms with Crippen molar-refractivity contribution < 1.29 is 8.42 Å². The minimum atomic E-state index is -3.50. The second-order valence-electron chi connectivity index (χ2n) is 7.22. The van der Waals surface area contributed by atoms with Gasteiger partial charge in [-0.3, -0.25) is 4.98 Å². The van der Waals surface area contributed by atoms with Gasteiger partial charge in [0.15, 0.2) is 0 Å². The number of sulfonamides is 1. The Bertz CT molecular complexity index is 867. The summed E-state index contributed by atoms with van der Waals surface area (Å²) in [7, 11) is -3.50. The summed E-state index contributed by atoms with van der Waals surface area (Å²) in [4.78, 5) is 7.28. The van der Waals surface area contributed by atoms with Gasteiger partial charge in [0, 0.05) is 30.7 Å². The molecule has 1 aromatic heterocycles. The molecule has 0 unspecified atom stereocenters. The summed E-state index contributed by atoms with van der Waals surface area (Å²) >= 11 is 0. The molecule has 4 rings (SSSR count). The van der Waals surface area contributed by atoms with E-state index in [9.17, 15) is 8.42 Å². The van der Waals surface area contributed by atoms with Gasteiger partial charge in [0.2, 0.25) is 10.0 Å². The lowest BCUT2D eigenvalue weighted by atomic mass is 10.1. The van der Waals surface area contributed by atoms with Gasteiger partial charge in [0.25, 0.3) is 0 Å². The maximum absolute atomic E-state index is 13.2. The second kappa shape index (κ2) is 6.67. The average molecular weight is 359 g/mol. The zero-order valence-electron chi connectivity index (χ0n) is 14.7. The van der Waals surface area contributed by atoms with E-state index >= 15 is 0 Å². The number of rotatable bonds is 3. The first-order valence-electron chi connectivity index (χ1n) is 9.15. The van der Waals surface area contributed by atoms with E-state index in [1.54, 1.807) is 16.6 Å². The van der Waals surface area contributed by atoms with Crippen molar-refractivity contribution in [2.75, 3.05) is 26.2 Å². The van der Waals surface area contributed by atoms with E-state index in [2.05, 4.69) is 9.88 Å². The quantitative estimate of drug-likeness (QED) is 0.846. The molecule has 6 heteroatoms. The molecular formula is C19H25N3O2S. The molecule has 0 N–H and O–H groups in total. The molecule has 134 valence electrons. The topological polar surface area (TPSA) is 53.5 Å². The number of benzene rings is 1. The van der Waals surface area contributed by atoms with Crippen LogP contribution in [0.5, 0.6) is 0 Å². The molecule has 2 aromatic rings. The molecule has 2 aliphatic heterocycles. The van der Waals surface area contributed by atoms with Crippen LogP contribution in [0.2, 0.25) is 0 Å². The van der Waals surface area contributed by atoms with Crippen molar-refractivity contribution in [1.82, 2.24) is 14.2 Å². The van der Waals surface area contributed by atoms with Gasteiger partial charge < -0.3 is 4.90 Å². The van der Waals surface area contributed by atoms with Crippen LogP contribution in [0.15, 0.2) is 35.4 Å². The Morgan fingerprint density at radius 2 is 1.80 bits per heavy atom. The number of aromatic nitrogens is 1. The van der Waals surface area contributed by atoms with Crippen molar-refractivity contribution in [3.05, 3.63) is 36.0 Å². The molecular weight excluding hydrogens is 334 g/mol. The van der Waals surface area contributed by atoms with E-state index in [1.165, 1.54) is 25.9 Å². The highest BCUT2D eigenvalue weighted by molar-refractivity contribution is 7.89. The minimum absolute atomic E-state index is 0.338. The van der Waals surface area contributed by atoms with Crippen molar-refractivity contribution in [3.63, 3.8) is 0 Å². The molecule has 25 heavy (non-hydrogen) atoms. The van der Waals surface area contributed by atoms with Crippen molar-refractivity contribution in [2.24, 2.45) is 0 Å². The number of para-hydroxylation sites is 1. The number of nitrogens with zero attached hydrogens (tertiary/aromatic N) is 3. The van der Waals surface area contributed by atoms with Gasteiger partial charge in [-0.15, -0.1) is 0 Å². The highest BCUT2D eigenvalue weighted by Gasteiger charge is 2.33. The number of piperidine rings is 1. The van der Waals surface area contributed by atoms with Crippen LogP contribution in [-0.4, -0.2) is 54.8 Å². The molecule has 0 aliphatic carbocycles. The third-order valence-electron chi connectivity index (χ3n) is 5.51. The molecule has 5 nitrogen and oxygen atoms in total. The van der Waals surface area contributed by atoms with Gasteiger partial charge in [-0.2, -0.15) is 4.31 Å². The molecule has 0 bridgehead atoms. The summed E-state index contributed by atoms with van der Waals surface area (Å²) < 4.78 is 28.0. The Hall–Kier alpha value is -1.50. The Morgan fingerprint density at radius 1 is 1.08 bits per heavy atom. The summed E-state index contributed by atoms with van der Waals surface area (Å²) in [5, 5.41) is 0.882. The van der Waals surface area contributed by atoms with Crippen LogP contribution >= 0.6 is 0 Å². The van der Waals surface area contributed by atoms with Gasteiger partial charge >= 0.3 is 0 Å². The summed E-state index contributed by atoms with van der Waals surface area (Å²) in [6, 6.07) is 7.96. The maximum atomic E-state index is 13.2. The fourth-order valence-electron chi connectivity index (χ4n) is 4.14. The number of hydrogen-bond acceptors (Lipinski definition) is 4. The first-order valence-corrected chi connectivity index (χ1v) is 10.6. The highest BCUT2D eigenvalue weighted by atomic mass is 32.2. The zero-order chi connectivity index (χ0) is 17.4. The Balaban J connectivity index is 1.58. The van der Waals surface area contributed by atoms with Crippen LogP contribution in [0.3, 0.4) is 0 Å². The third-order valence-corrected chi connectivity index (χ3v) is 7.44. The summed E-state index contributed by atoms with van der Waals surface area (Å²) in [6.07, 6.45) is 6.15. The standard InChI is InChI=1S/C19H25N3O2S/c1-15-13-16-5-4-6-18(19(16)20-14-15)25(23,24)22-11-7-17(8-12-22)21-9-2-3-10-21/h4-6,13-14,17H,2-3,7-12H2,1H3. The normalized spacial score (nSPS) is 21.2. The molecule has 2 aliphatic rings. The van der Waals surface area contributed by atoms with E-state index < -0.39 is 10.0 Å². The third kappa shape index (κ3) is 3.18. The lowest BCUT2D eigenvalue weighted by Gasteiger charge is -2.36. The number of hydrogen-bond donors (Lipinski definition) is 0. The fraction of sp³-hybridized carbons (Fsp3) is 0.526. The van der Waals surface area contributed by atoms with Crippen LogP contribution in [0.25, 0.3) is 10.9 Å². The Labute approximate surface area is 149 Å². The number of fused-ring (bicyclic) bond motifs is 1. The van der Waals surface area contributed by atoms with E-state index in [-0.39, 0.29) is 0 Å². The zero-order valence-corrected chi connectivity index (χ0v) is 15.5. The van der Waals surface area contributed by atoms with Gasteiger partial charge in [0.05, 0.1) is 5.52 Å². The van der Waals surface area contributed by atoms with E-state index in [0.29, 0.717) is 29.5 Å². The van der Waals surface area contributed by atoms with Gasteiger partial charge in [0.1, 0.15) is 4.90 Å². The van der Waals surface area contributed by atoms with Crippen LogP contribution < -0.4 is 0 Å². The van der Waals surface area contributed by atoms with Gasteiger partial charge in [-0.25, -0.2) is 8.42 Å². The van der Waals surface area contributed by atoms with Crippen LogP contribution in [-0.2, 0) is 10.0 Å². The van der Waals surface area contributed by atoms with E-state index in [4.69, 9.17) is 0 Å². The lowest BCUT2D eigenvalue weighted by molar-refractivity contribution is 0.168. The Morgan fingerprint density at radius 3 is 2.52 bits per heavy atom. The van der Waals surface area contributed by atoms with Gasteiger partial charge in [-0.1, -0.05) is 12.1 Å². The first-order chi connectivity index (χ1) is 12.1. The lowest BCUT2D eigenvalue weighted by Crippen LogP contribution is -2.45. The molecule has 0 spiro atoms. The first kappa shape index (κ1) is 16.9. The van der Waals surface area contributed by atoms with Crippen LogP contribution in [0, 0.1) is 6.92 Å². The molecule has 1 aromatic carbocycles. The van der Waals surface area contributed by atoms with Crippen molar-refractivity contribution in [3.8, 4) is 0 Å². The number of aryl methyl sites for hydroxylation is 1. The molecule has 2 fully saturated rings. The van der Waals surface area contributed by atoms with Crippen LogP contribution in [0.1, 0.15) is 31.2 Å². The monoisotopic (exact) mass is 359 g/mol. The highest BCUT2D eigenvalue weighted by Crippen LogP contribution is 2.28. The number of pyridine rings is 1. The average Bonchev–Trinajstić information content (AvgIpc) is 3.15. The predicted octanol–water partition coefficient (Wildman–Crippen LogP) is 2.79. The molecule has 3 heterocycles. The summed E-state index contributed by atoms with van der Waals surface area (Å²) in [5.41, 5.74) is 1.61. The minimum Gasteiger partial charge on any atom is -0.300 e. The predicted molar refractivity (Wildman–Crippen MR) is 99.1 cm³/mol. The molecule has 2 saturated heterocycles. The summed E-state index contributed by atoms with van der Waals surface area (Å²) in [5.74, 6) is 0. The Kier molecular flexibility index (Phi) is 4.52. The maximum Gasteiger partial charge on any atom is 0.245 e. The largest absolute Gasteiger partial charge is 0.300 e. The van der Waals surface area contributed by atoms with Crippen LogP contribution in [0.4, 0.5) is 0 Å². The van der Waals surface area contributed by atoms with Crippen molar-refractivity contribution in [2.45, 2.75) is 43.5 Å². The fourth-order valence-corrected chi connectivity index (χ4v) is 5.78. The smallest absolute Gasteiger partial charge is 0.245 e. The molecule has 0 radical (unpaired) electrons. The van der Waals surface area contributed by atoms with Crippen molar-refractivity contribution in [1.29, 1.82) is 0 Å². The second-order valence-corrected chi connectivity index (χ2v) is 9.13. The van der Waals surface area contributed by atoms with E-state index in [0.717, 1.165) is 23.8 Å². The van der Waals surface area contributed by atoms with Gasteiger partial charge in [-0.05, 0) is 63.4 Å². The molecule has 0 atom stereocenters. The molecule has 0 saturated carbocycles. The van der Waals surface area contributed by atoms with E-state index in [1.807, 2.05) is 25.1 Å². The SMILES string of the molecule is Cc1cnc2c(S(=O)(=O)N3CCC(N4CCCC4)CC3)cccc2c1. The summed E-state index contributed by atoms with van der Waals surface area (Å²) in [6.45, 7) is 5.52.